The number of nitrogens with one attached hydrogen (secondary N) is 1. The molecule has 1 heterocycles. The lowest BCUT2D eigenvalue weighted by Crippen LogP contribution is -2.30. The molecule has 0 aromatic heterocycles. The molecule has 29 heavy (non-hydrogen) atoms. The highest BCUT2D eigenvalue weighted by Gasteiger charge is 2.39. The van der Waals surface area contributed by atoms with E-state index in [-0.39, 0.29) is 23.6 Å². The second-order valence-electron chi connectivity index (χ2n) is 7.64. The van der Waals surface area contributed by atoms with Crippen LogP contribution >= 0.6 is 11.6 Å². The normalized spacial score (nSPS) is 21.9. The predicted octanol–water partition coefficient (Wildman–Crippen LogP) is 6.54. The van der Waals surface area contributed by atoms with Crippen LogP contribution in [0.15, 0.2) is 78.9 Å². The third kappa shape index (κ3) is 3.16. The molecule has 3 aromatic carbocycles. The van der Waals surface area contributed by atoms with Crippen molar-refractivity contribution in [2.75, 3.05) is 5.32 Å². The molecule has 0 spiro atoms. The summed E-state index contributed by atoms with van der Waals surface area (Å²) in [6.07, 6.45) is 5.31. The van der Waals surface area contributed by atoms with Gasteiger partial charge in [-0.2, -0.15) is 0 Å². The molecule has 0 bridgehead atoms. The molecule has 0 unspecified atom stereocenters. The van der Waals surface area contributed by atoms with Crippen molar-refractivity contribution in [3.05, 3.63) is 112 Å². The number of ketones is 1. The number of carbonyl (C=O) groups excluding carboxylic acids is 1. The second-order valence-corrected chi connectivity index (χ2v) is 8.08. The minimum absolute atomic E-state index is 0.00778. The van der Waals surface area contributed by atoms with Gasteiger partial charge in [-0.3, -0.25) is 4.79 Å². The van der Waals surface area contributed by atoms with Crippen LogP contribution < -0.4 is 5.32 Å². The number of anilines is 1. The number of rotatable bonds is 3. The molecule has 4 heteroatoms. The molecule has 0 saturated carbocycles. The zero-order chi connectivity index (χ0) is 20.0. The van der Waals surface area contributed by atoms with Crippen LogP contribution in [0.1, 0.15) is 45.4 Å². The summed E-state index contributed by atoms with van der Waals surface area (Å²) in [4.78, 5) is 13.3. The highest BCUT2D eigenvalue weighted by molar-refractivity contribution is 6.31. The minimum atomic E-state index is -0.252. The lowest BCUT2D eigenvalue weighted by molar-refractivity contribution is 0.103. The molecule has 1 aliphatic carbocycles. The quantitative estimate of drug-likeness (QED) is 0.397. The van der Waals surface area contributed by atoms with Crippen molar-refractivity contribution < 1.29 is 9.18 Å². The van der Waals surface area contributed by atoms with Gasteiger partial charge in [0.2, 0.25) is 0 Å². The average Bonchev–Trinajstić information content (AvgIpc) is 3.24. The maximum absolute atomic E-state index is 13.5. The van der Waals surface area contributed by atoms with Gasteiger partial charge in [-0.1, -0.05) is 66.2 Å². The summed E-state index contributed by atoms with van der Waals surface area (Å²) in [5.74, 6) is 0.154. The largest absolute Gasteiger partial charge is 0.377 e. The van der Waals surface area contributed by atoms with E-state index in [9.17, 15) is 9.18 Å². The molecule has 0 saturated heterocycles. The fourth-order valence-corrected chi connectivity index (χ4v) is 4.82. The molecule has 3 aromatic rings. The molecule has 144 valence electrons. The summed E-state index contributed by atoms with van der Waals surface area (Å²) < 4.78 is 13.5. The van der Waals surface area contributed by atoms with Gasteiger partial charge in [-0.05, 0) is 47.7 Å². The Morgan fingerprint density at radius 3 is 2.55 bits per heavy atom. The van der Waals surface area contributed by atoms with Gasteiger partial charge in [0.25, 0.3) is 0 Å². The Morgan fingerprint density at radius 1 is 1.03 bits per heavy atom. The Balaban J connectivity index is 1.64. The Bertz CT molecular complexity index is 1110. The third-order valence-corrected chi connectivity index (χ3v) is 6.16. The molecule has 1 aliphatic heterocycles. The molecule has 2 nitrogen and oxygen atoms in total. The zero-order valence-electron chi connectivity index (χ0n) is 15.6. The minimum Gasteiger partial charge on any atom is -0.377 e. The van der Waals surface area contributed by atoms with Gasteiger partial charge in [0.1, 0.15) is 5.82 Å². The van der Waals surface area contributed by atoms with E-state index < -0.39 is 0 Å². The predicted molar refractivity (Wildman–Crippen MR) is 114 cm³/mol. The van der Waals surface area contributed by atoms with Crippen molar-refractivity contribution in [1.29, 1.82) is 0 Å². The van der Waals surface area contributed by atoms with E-state index in [1.54, 1.807) is 6.07 Å². The van der Waals surface area contributed by atoms with E-state index in [0.717, 1.165) is 23.2 Å². The summed E-state index contributed by atoms with van der Waals surface area (Å²) >= 11 is 6.43. The molecule has 5 rings (SSSR count). The van der Waals surface area contributed by atoms with Crippen LogP contribution in [0, 0.1) is 11.7 Å². The van der Waals surface area contributed by atoms with Gasteiger partial charge >= 0.3 is 0 Å². The molecular formula is C25H19ClFNO. The Labute approximate surface area is 174 Å². The summed E-state index contributed by atoms with van der Waals surface area (Å²) in [7, 11) is 0. The number of allylic oxidation sites excluding steroid dienone is 2. The maximum Gasteiger partial charge on any atom is 0.195 e. The maximum atomic E-state index is 13.5. The molecule has 3 atom stereocenters. The topological polar surface area (TPSA) is 29.1 Å². The Kier molecular flexibility index (Phi) is 4.48. The van der Waals surface area contributed by atoms with Crippen molar-refractivity contribution in [2.24, 2.45) is 5.92 Å². The van der Waals surface area contributed by atoms with E-state index in [1.165, 1.54) is 12.1 Å². The number of halogens is 2. The van der Waals surface area contributed by atoms with Gasteiger partial charge < -0.3 is 5.32 Å². The number of fused-ring (bicyclic) bond motifs is 3. The van der Waals surface area contributed by atoms with Crippen molar-refractivity contribution in [3.63, 3.8) is 0 Å². The van der Waals surface area contributed by atoms with Crippen molar-refractivity contribution >= 4 is 23.1 Å². The summed E-state index contributed by atoms with van der Waals surface area (Å²) in [5, 5.41) is 4.17. The van der Waals surface area contributed by atoms with Crippen LogP contribution in [0.25, 0.3) is 0 Å². The second kappa shape index (κ2) is 7.16. The first-order chi connectivity index (χ1) is 14.1. The lowest BCUT2D eigenvalue weighted by atomic mass is 9.76. The first-order valence-corrected chi connectivity index (χ1v) is 10.1. The van der Waals surface area contributed by atoms with E-state index in [0.29, 0.717) is 22.1 Å². The molecule has 0 radical (unpaired) electrons. The number of benzene rings is 3. The van der Waals surface area contributed by atoms with Crippen LogP contribution in [0.5, 0.6) is 0 Å². The first-order valence-electron chi connectivity index (χ1n) is 9.73. The van der Waals surface area contributed by atoms with E-state index in [4.69, 9.17) is 11.6 Å². The highest BCUT2D eigenvalue weighted by Crippen LogP contribution is 2.51. The molecular weight excluding hydrogens is 385 g/mol. The standard InChI is InChI=1S/C25H19ClFNO/c26-17-13-21-19-7-4-8-20(19)23(15-9-11-18(27)12-10-15)28-24(21)22(14-17)25(29)16-5-2-1-3-6-16/h1-7,9-14,19-20,23,28H,8H2/t19-,20-,23+/m1/s1. The van der Waals surface area contributed by atoms with Crippen LogP contribution in [-0.4, -0.2) is 5.78 Å². The Morgan fingerprint density at radius 2 is 1.79 bits per heavy atom. The van der Waals surface area contributed by atoms with Crippen molar-refractivity contribution in [1.82, 2.24) is 0 Å². The van der Waals surface area contributed by atoms with E-state index in [2.05, 4.69) is 17.5 Å². The number of hydrogen-bond acceptors (Lipinski definition) is 2. The summed E-state index contributed by atoms with van der Waals surface area (Å²) in [6.45, 7) is 0. The van der Waals surface area contributed by atoms with Crippen molar-refractivity contribution in [3.8, 4) is 0 Å². The SMILES string of the molecule is O=C(c1ccccc1)c1cc(Cl)cc2c1N[C@@H](c1ccc(F)cc1)[C@@H]1CC=C[C@@H]21. The Hall–Kier alpha value is -2.91. The summed E-state index contributed by atoms with van der Waals surface area (Å²) in [6, 6.07) is 19.5. The van der Waals surface area contributed by atoms with E-state index >= 15 is 0 Å². The van der Waals surface area contributed by atoms with Crippen LogP contribution in [0.2, 0.25) is 5.02 Å². The van der Waals surface area contributed by atoms with Crippen LogP contribution in [0.3, 0.4) is 0 Å². The number of hydrogen-bond donors (Lipinski definition) is 1. The smallest absolute Gasteiger partial charge is 0.195 e. The first kappa shape index (κ1) is 18.1. The van der Waals surface area contributed by atoms with Gasteiger partial charge in [-0.25, -0.2) is 4.39 Å². The molecule has 0 fully saturated rings. The van der Waals surface area contributed by atoms with Gasteiger partial charge in [0.05, 0.1) is 6.04 Å². The van der Waals surface area contributed by atoms with Crippen LogP contribution in [0.4, 0.5) is 10.1 Å². The van der Waals surface area contributed by atoms with E-state index in [1.807, 2.05) is 48.5 Å². The van der Waals surface area contributed by atoms with Gasteiger partial charge in [0, 0.05) is 27.8 Å². The monoisotopic (exact) mass is 403 g/mol. The zero-order valence-corrected chi connectivity index (χ0v) is 16.4. The average molecular weight is 404 g/mol. The van der Waals surface area contributed by atoms with Gasteiger partial charge in [0.15, 0.2) is 5.78 Å². The number of carbonyl (C=O) groups is 1. The fourth-order valence-electron chi connectivity index (χ4n) is 4.59. The van der Waals surface area contributed by atoms with Crippen molar-refractivity contribution in [2.45, 2.75) is 18.4 Å². The molecule has 1 N–H and O–H groups in total. The fraction of sp³-hybridized carbons (Fsp3) is 0.160. The van der Waals surface area contributed by atoms with Crippen LogP contribution in [-0.2, 0) is 0 Å². The summed E-state index contributed by atoms with van der Waals surface area (Å²) in [5.41, 5.74) is 4.09. The molecule has 2 aliphatic rings. The highest BCUT2D eigenvalue weighted by atomic mass is 35.5. The molecule has 0 amide bonds. The third-order valence-electron chi connectivity index (χ3n) is 5.94. The lowest BCUT2D eigenvalue weighted by Gasteiger charge is -2.38. The van der Waals surface area contributed by atoms with Gasteiger partial charge in [-0.15, -0.1) is 0 Å².